The van der Waals surface area contributed by atoms with Crippen molar-refractivity contribution < 1.29 is 27.4 Å². The molecule has 0 amide bonds. The number of ether oxygens (including phenoxy) is 2. The van der Waals surface area contributed by atoms with Gasteiger partial charge in [0.1, 0.15) is 12.3 Å². The number of carbonyl (C=O) groups excluding carboxylic acids is 1. The Morgan fingerprint density at radius 3 is 2.61 bits per heavy atom. The van der Waals surface area contributed by atoms with Crippen LogP contribution < -0.4 is 10.1 Å². The van der Waals surface area contributed by atoms with Crippen LogP contribution in [-0.2, 0) is 9.53 Å². The zero-order valence-electron chi connectivity index (χ0n) is 9.18. The molecule has 0 aliphatic carbocycles. The van der Waals surface area contributed by atoms with Crippen LogP contribution in [0.2, 0.25) is 0 Å². The fourth-order valence-electron chi connectivity index (χ4n) is 1.06. The normalized spacial score (nSPS) is 10.9. The SMILES string of the molecule is COC(=O)CNc1ccc(OC(F)(F)F)c(Br)c1. The molecule has 0 aliphatic heterocycles. The molecule has 8 heteroatoms. The Balaban J connectivity index is 2.70. The predicted octanol–water partition coefficient (Wildman–Crippen LogP) is 2.93. The van der Waals surface area contributed by atoms with Crippen LogP contribution in [0.25, 0.3) is 0 Å². The van der Waals surface area contributed by atoms with Gasteiger partial charge in [-0.25, -0.2) is 0 Å². The predicted molar refractivity (Wildman–Crippen MR) is 61.3 cm³/mol. The van der Waals surface area contributed by atoms with Gasteiger partial charge in [-0.05, 0) is 34.1 Å². The number of anilines is 1. The minimum atomic E-state index is -4.75. The van der Waals surface area contributed by atoms with E-state index in [2.05, 4.69) is 30.7 Å². The molecule has 18 heavy (non-hydrogen) atoms. The van der Waals surface area contributed by atoms with Crippen LogP contribution in [0, 0.1) is 0 Å². The van der Waals surface area contributed by atoms with Crippen LogP contribution in [0.15, 0.2) is 22.7 Å². The van der Waals surface area contributed by atoms with E-state index in [1.807, 2.05) is 0 Å². The zero-order chi connectivity index (χ0) is 13.8. The third-order valence-electron chi connectivity index (χ3n) is 1.82. The third-order valence-corrected chi connectivity index (χ3v) is 2.44. The molecular formula is C10H9BrF3NO3. The van der Waals surface area contributed by atoms with Gasteiger partial charge in [0.25, 0.3) is 0 Å². The van der Waals surface area contributed by atoms with Crippen LogP contribution in [-0.4, -0.2) is 26.0 Å². The lowest BCUT2D eigenvalue weighted by atomic mass is 10.3. The lowest BCUT2D eigenvalue weighted by molar-refractivity contribution is -0.274. The molecule has 0 atom stereocenters. The fourth-order valence-corrected chi connectivity index (χ4v) is 1.52. The summed E-state index contributed by atoms with van der Waals surface area (Å²) in [5.74, 6) is -0.840. The molecule has 1 N–H and O–H groups in total. The van der Waals surface area contributed by atoms with E-state index in [0.717, 1.165) is 6.07 Å². The van der Waals surface area contributed by atoms with E-state index in [4.69, 9.17) is 0 Å². The highest BCUT2D eigenvalue weighted by atomic mass is 79.9. The van der Waals surface area contributed by atoms with Crippen LogP contribution >= 0.6 is 15.9 Å². The summed E-state index contributed by atoms with van der Waals surface area (Å²) in [5.41, 5.74) is 0.460. The van der Waals surface area contributed by atoms with Gasteiger partial charge in [0, 0.05) is 5.69 Å². The fraction of sp³-hybridized carbons (Fsp3) is 0.300. The monoisotopic (exact) mass is 327 g/mol. The van der Waals surface area contributed by atoms with Crippen molar-refractivity contribution in [2.24, 2.45) is 0 Å². The Labute approximate surface area is 109 Å². The molecular weight excluding hydrogens is 319 g/mol. The summed E-state index contributed by atoms with van der Waals surface area (Å²) in [7, 11) is 1.24. The Morgan fingerprint density at radius 1 is 1.44 bits per heavy atom. The van der Waals surface area contributed by atoms with Gasteiger partial charge in [-0.2, -0.15) is 0 Å². The maximum Gasteiger partial charge on any atom is 0.573 e. The Kier molecular flexibility index (Phi) is 4.83. The largest absolute Gasteiger partial charge is 0.573 e. The molecule has 0 bridgehead atoms. The summed E-state index contributed by atoms with van der Waals surface area (Å²) >= 11 is 2.94. The summed E-state index contributed by atoms with van der Waals surface area (Å²) in [5, 5.41) is 2.68. The second-order valence-corrected chi connectivity index (χ2v) is 3.98. The molecule has 0 saturated heterocycles. The average Bonchev–Trinajstić information content (AvgIpc) is 2.27. The van der Waals surface area contributed by atoms with Crippen molar-refractivity contribution in [3.8, 4) is 5.75 Å². The first-order chi connectivity index (χ1) is 8.31. The molecule has 0 unspecified atom stereocenters. The molecule has 1 aromatic rings. The number of benzene rings is 1. The summed E-state index contributed by atoms with van der Waals surface area (Å²) in [6.07, 6.45) is -4.75. The van der Waals surface area contributed by atoms with Crippen LogP contribution in [0.3, 0.4) is 0 Å². The van der Waals surface area contributed by atoms with E-state index in [0.29, 0.717) is 5.69 Å². The lowest BCUT2D eigenvalue weighted by Crippen LogP contribution is -2.18. The van der Waals surface area contributed by atoms with Gasteiger partial charge in [-0.1, -0.05) is 0 Å². The Morgan fingerprint density at radius 2 is 2.11 bits per heavy atom. The van der Waals surface area contributed by atoms with E-state index < -0.39 is 12.3 Å². The van der Waals surface area contributed by atoms with Gasteiger partial charge < -0.3 is 14.8 Å². The number of hydrogen-bond acceptors (Lipinski definition) is 4. The molecule has 0 heterocycles. The second-order valence-electron chi connectivity index (χ2n) is 3.12. The number of alkyl halides is 3. The van der Waals surface area contributed by atoms with Crippen molar-refractivity contribution in [2.45, 2.75) is 6.36 Å². The second kappa shape index (κ2) is 5.94. The van der Waals surface area contributed by atoms with E-state index in [1.165, 1.54) is 19.2 Å². The summed E-state index contributed by atoms with van der Waals surface area (Å²) in [6, 6.07) is 3.86. The van der Waals surface area contributed by atoms with E-state index in [-0.39, 0.29) is 16.8 Å². The number of esters is 1. The number of hydrogen-bond donors (Lipinski definition) is 1. The number of rotatable bonds is 4. The van der Waals surface area contributed by atoms with Crippen LogP contribution in [0.4, 0.5) is 18.9 Å². The first kappa shape index (κ1) is 14.6. The third kappa shape index (κ3) is 4.82. The summed E-state index contributed by atoms with van der Waals surface area (Å²) < 4.78 is 44.3. The first-order valence-electron chi connectivity index (χ1n) is 4.68. The lowest BCUT2D eigenvalue weighted by Gasteiger charge is -2.12. The summed E-state index contributed by atoms with van der Waals surface area (Å²) in [6.45, 7) is -0.0809. The highest BCUT2D eigenvalue weighted by molar-refractivity contribution is 9.10. The molecule has 1 aromatic carbocycles. The van der Waals surface area contributed by atoms with Gasteiger partial charge in [0.05, 0.1) is 11.6 Å². The van der Waals surface area contributed by atoms with E-state index in [9.17, 15) is 18.0 Å². The molecule has 0 spiro atoms. The quantitative estimate of drug-likeness (QED) is 0.864. The topological polar surface area (TPSA) is 47.6 Å². The molecule has 100 valence electrons. The minimum absolute atomic E-state index is 0.0809. The number of methoxy groups -OCH3 is 1. The summed E-state index contributed by atoms with van der Waals surface area (Å²) in [4.78, 5) is 10.9. The van der Waals surface area contributed by atoms with Crippen molar-refractivity contribution in [1.82, 2.24) is 0 Å². The van der Waals surface area contributed by atoms with Crippen LogP contribution in [0.5, 0.6) is 5.75 Å². The average molecular weight is 328 g/mol. The highest BCUT2D eigenvalue weighted by Crippen LogP contribution is 2.32. The zero-order valence-corrected chi connectivity index (χ0v) is 10.8. The molecule has 0 fully saturated rings. The smallest absolute Gasteiger partial charge is 0.468 e. The van der Waals surface area contributed by atoms with Gasteiger partial charge in [-0.3, -0.25) is 4.79 Å². The molecule has 4 nitrogen and oxygen atoms in total. The van der Waals surface area contributed by atoms with Crippen molar-refractivity contribution in [3.05, 3.63) is 22.7 Å². The highest BCUT2D eigenvalue weighted by Gasteiger charge is 2.31. The van der Waals surface area contributed by atoms with Gasteiger partial charge in [0.15, 0.2) is 0 Å². The van der Waals surface area contributed by atoms with Crippen molar-refractivity contribution in [2.75, 3.05) is 19.0 Å². The van der Waals surface area contributed by atoms with Crippen LogP contribution in [0.1, 0.15) is 0 Å². The Bertz CT molecular complexity index is 437. The molecule has 1 rings (SSSR count). The number of nitrogens with one attached hydrogen (secondary N) is 1. The molecule has 0 aromatic heterocycles. The van der Waals surface area contributed by atoms with Gasteiger partial charge in [0.2, 0.25) is 0 Å². The van der Waals surface area contributed by atoms with Gasteiger partial charge in [-0.15, -0.1) is 13.2 Å². The number of carbonyl (C=O) groups is 1. The molecule has 0 saturated carbocycles. The number of halogens is 4. The van der Waals surface area contributed by atoms with Crippen molar-refractivity contribution >= 4 is 27.6 Å². The van der Waals surface area contributed by atoms with E-state index >= 15 is 0 Å². The maximum absolute atomic E-state index is 12.0. The molecule has 0 aliphatic rings. The standard InChI is InChI=1S/C10H9BrF3NO3/c1-17-9(16)5-15-6-2-3-8(7(11)4-6)18-10(12,13)14/h2-4,15H,5H2,1H3. The maximum atomic E-state index is 12.0. The van der Waals surface area contributed by atoms with E-state index in [1.54, 1.807) is 0 Å². The van der Waals surface area contributed by atoms with Crippen molar-refractivity contribution in [1.29, 1.82) is 0 Å². The Hall–Kier alpha value is -1.44. The van der Waals surface area contributed by atoms with Crippen molar-refractivity contribution in [3.63, 3.8) is 0 Å². The molecule has 0 radical (unpaired) electrons. The van der Waals surface area contributed by atoms with Gasteiger partial charge >= 0.3 is 12.3 Å². The minimum Gasteiger partial charge on any atom is -0.468 e. The first-order valence-corrected chi connectivity index (χ1v) is 5.47.